The summed E-state index contributed by atoms with van der Waals surface area (Å²) >= 11 is 1.51. The van der Waals surface area contributed by atoms with Crippen LogP contribution in [0.2, 0.25) is 0 Å². The first-order valence-electron chi connectivity index (χ1n) is 5.93. The molecule has 86 valence electrons. The Balaban J connectivity index is 1.98. The summed E-state index contributed by atoms with van der Waals surface area (Å²) in [5.74, 6) is 0.321. The largest absolute Gasteiger partial charge is 0.365 e. The van der Waals surface area contributed by atoms with E-state index in [-0.39, 0.29) is 5.41 Å². The number of fused-ring (bicyclic) bond motifs is 1. The first kappa shape index (κ1) is 10.3. The normalized spacial score (nSPS) is 22.4. The minimum atomic E-state index is 0.267. The predicted octanol–water partition coefficient (Wildman–Crippen LogP) is 2.87. The van der Waals surface area contributed by atoms with Crippen LogP contribution in [0.4, 0.5) is 5.13 Å². The second-order valence-corrected chi connectivity index (χ2v) is 6.03. The molecule has 3 nitrogen and oxygen atoms in total. The quantitative estimate of drug-likeness (QED) is 0.815. The van der Waals surface area contributed by atoms with Gasteiger partial charge in [-0.2, -0.15) is 0 Å². The maximum absolute atomic E-state index is 12.1. The highest BCUT2D eigenvalue weighted by Crippen LogP contribution is 2.48. The topological polar surface area (TPSA) is 42.0 Å². The molecule has 0 aromatic carbocycles. The summed E-state index contributed by atoms with van der Waals surface area (Å²) in [6.45, 7) is 0. The lowest BCUT2D eigenvalue weighted by Gasteiger charge is -2.31. The van der Waals surface area contributed by atoms with Gasteiger partial charge in [-0.15, -0.1) is 0 Å². The van der Waals surface area contributed by atoms with Crippen LogP contribution in [0, 0.1) is 5.41 Å². The van der Waals surface area contributed by atoms with Crippen LogP contribution < -0.4 is 5.32 Å². The van der Waals surface area contributed by atoms with Gasteiger partial charge in [0.05, 0.1) is 10.6 Å². The molecule has 1 spiro atoms. The highest BCUT2D eigenvalue weighted by Gasteiger charge is 2.42. The molecule has 16 heavy (non-hydrogen) atoms. The second kappa shape index (κ2) is 3.55. The molecule has 1 saturated carbocycles. The van der Waals surface area contributed by atoms with Crippen LogP contribution in [0.15, 0.2) is 0 Å². The number of hydrogen-bond donors (Lipinski definition) is 1. The molecule has 1 N–H and O–H groups in total. The maximum Gasteiger partial charge on any atom is 0.183 e. The molecule has 1 aromatic rings. The minimum Gasteiger partial charge on any atom is -0.365 e. The van der Waals surface area contributed by atoms with Crippen molar-refractivity contribution in [3.8, 4) is 0 Å². The zero-order chi connectivity index (χ0) is 11.2. The third-order valence-corrected chi connectivity index (χ3v) is 5.06. The summed E-state index contributed by atoms with van der Waals surface area (Å²) in [6, 6.07) is 0. The number of ketones is 1. The van der Waals surface area contributed by atoms with Gasteiger partial charge in [0.2, 0.25) is 0 Å². The van der Waals surface area contributed by atoms with Crippen molar-refractivity contribution in [1.82, 2.24) is 4.98 Å². The van der Waals surface area contributed by atoms with Gasteiger partial charge in [0.1, 0.15) is 0 Å². The zero-order valence-corrected chi connectivity index (χ0v) is 10.3. The second-order valence-electron chi connectivity index (χ2n) is 5.03. The van der Waals surface area contributed by atoms with Gasteiger partial charge in [-0.1, -0.05) is 24.2 Å². The Morgan fingerprint density at radius 1 is 1.31 bits per heavy atom. The number of carbonyl (C=O) groups excluding carboxylic acids is 1. The van der Waals surface area contributed by atoms with Crippen LogP contribution in [-0.2, 0) is 6.42 Å². The summed E-state index contributed by atoms with van der Waals surface area (Å²) in [7, 11) is 1.86. The monoisotopic (exact) mass is 236 g/mol. The van der Waals surface area contributed by atoms with E-state index in [0.29, 0.717) is 5.78 Å². The fraction of sp³-hybridized carbons (Fsp3) is 0.667. The van der Waals surface area contributed by atoms with Gasteiger partial charge in [-0.3, -0.25) is 4.79 Å². The smallest absolute Gasteiger partial charge is 0.183 e. The van der Waals surface area contributed by atoms with E-state index in [2.05, 4.69) is 10.3 Å². The van der Waals surface area contributed by atoms with Crippen molar-refractivity contribution in [2.24, 2.45) is 5.41 Å². The van der Waals surface area contributed by atoms with Crippen LogP contribution in [0.3, 0.4) is 0 Å². The molecular formula is C12H16N2OS. The number of nitrogens with one attached hydrogen (secondary N) is 1. The lowest BCUT2D eigenvalue weighted by Crippen LogP contribution is -2.29. The van der Waals surface area contributed by atoms with Crippen molar-refractivity contribution in [3.05, 3.63) is 10.6 Å². The number of hydrogen-bond acceptors (Lipinski definition) is 4. The van der Waals surface area contributed by atoms with E-state index in [1.165, 1.54) is 37.0 Å². The van der Waals surface area contributed by atoms with Crippen LogP contribution in [0.5, 0.6) is 0 Å². The number of thiazole rings is 1. The Morgan fingerprint density at radius 3 is 2.75 bits per heavy atom. The third-order valence-electron chi connectivity index (χ3n) is 3.91. The highest BCUT2D eigenvalue weighted by atomic mass is 32.1. The molecular weight excluding hydrogens is 220 g/mol. The third kappa shape index (κ3) is 1.47. The van der Waals surface area contributed by atoms with E-state index in [9.17, 15) is 4.79 Å². The van der Waals surface area contributed by atoms with Crippen LogP contribution in [0.1, 0.15) is 47.5 Å². The van der Waals surface area contributed by atoms with E-state index in [0.717, 1.165) is 28.5 Å². The van der Waals surface area contributed by atoms with E-state index < -0.39 is 0 Å². The van der Waals surface area contributed by atoms with Gasteiger partial charge >= 0.3 is 0 Å². The molecule has 0 amide bonds. The molecule has 1 aromatic heterocycles. The molecule has 0 saturated heterocycles. The average molecular weight is 236 g/mol. The molecule has 4 heteroatoms. The Morgan fingerprint density at radius 2 is 2.06 bits per heavy atom. The van der Waals surface area contributed by atoms with Gasteiger partial charge in [0.15, 0.2) is 10.9 Å². The summed E-state index contributed by atoms with van der Waals surface area (Å²) in [6.07, 6.45) is 6.77. The van der Waals surface area contributed by atoms with Crippen molar-refractivity contribution in [2.45, 2.75) is 38.5 Å². The molecule has 0 aliphatic heterocycles. The van der Waals surface area contributed by atoms with Gasteiger partial charge in [0, 0.05) is 13.5 Å². The summed E-state index contributed by atoms with van der Waals surface area (Å²) < 4.78 is 0. The van der Waals surface area contributed by atoms with Gasteiger partial charge < -0.3 is 5.32 Å². The molecule has 2 aliphatic rings. The Hall–Kier alpha value is -0.900. The van der Waals surface area contributed by atoms with E-state index in [4.69, 9.17) is 0 Å². The first-order valence-corrected chi connectivity index (χ1v) is 6.75. The van der Waals surface area contributed by atoms with E-state index in [1.54, 1.807) is 0 Å². The number of Topliss-reactive ketones (excluding diaryl/α,β-unsaturated/α-hetero) is 1. The zero-order valence-electron chi connectivity index (χ0n) is 9.51. The lowest BCUT2D eigenvalue weighted by atomic mass is 9.73. The number of rotatable bonds is 1. The van der Waals surface area contributed by atoms with Gasteiger partial charge in [-0.05, 0) is 24.7 Å². The Labute approximate surface area is 99.3 Å². The summed E-state index contributed by atoms with van der Waals surface area (Å²) in [5, 5.41) is 3.92. The minimum absolute atomic E-state index is 0.267. The van der Waals surface area contributed by atoms with Crippen molar-refractivity contribution in [3.63, 3.8) is 0 Å². The molecule has 0 radical (unpaired) electrons. The molecule has 1 heterocycles. The SMILES string of the molecule is CNc1nc2c(s1)C(=O)CC1(CCCC1)C2. The van der Waals surface area contributed by atoms with Crippen LogP contribution in [0.25, 0.3) is 0 Å². The van der Waals surface area contributed by atoms with Gasteiger partial charge in [-0.25, -0.2) is 4.98 Å². The van der Waals surface area contributed by atoms with Crippen LogP contribution >= 0.6 is 11.3 Å². The predicted molar refractivity (Wildman–Crippen MR) is 65.2 cm³/mol. The van der Waals surface area contributed by atoms with Crippen LogP contribution in [-0.4, -0.2) is 17.8 Å². The Kier molecular flexibility index (Phi) is 2.28. The summed E-state index contributed by atoms with van der Waals surface area (Å²) in [5.41, 5.74) is 1.32. The van der Waals surface area contributed by atoms with Crippen molar-refractivity contribution < 1.29 is 4.79 Å². The first-order chi connectivity index (χ1) is 7.72. The molecule has 0 atom stereocenters. The number of aromatic nitrogens is 1. The van der Waals surface area contributed by atoms with E-state index >= 15 is 0 Å². The molecule has 0 unspecified atom stereocenters. The highest BCUT2D eigenvalue weighted by molar-refractivity contribution is 7.17. The van der Waals surface area contributed by atoms with E-state index in [1.807, 2.05) is 7.05 Å². The lowest BCUT2D eigenvalue weighted by molar-refractivity contribution is 0.0891. The summed E-state index contributed by atoms with van der Waals surface area (Å²) in [4.78, 5) is 17.5. The molecule has 1 fully saturated rings. The number of nitrogens with zero attached hydrogens (tertiary/aromatic N) is 1. The number of carbonyl (C=O) groups is 1. The van der Waals surface area contributed by atoms with Gasteiger partial charge in [0.25, 0.3) is 0 Å². The van der Waals surface area contributed by atoms with Crippen molar-refractivity contribution in [2.75, 3.05) is 12.4 Å². The number of anilines is 1. The fourth-order valence-electron chi connectivity index (χ4n) is 3.11. The fourth-order valence-corrected chi connectivity index (χ4v) is 3.99. The maximum atomic E-state index is 12.1. The molecule has 2 aliphatic carbocycles. The van der Waals surface area contributed by atoms with Crippen molar-refractivity contribution in [1.29, 1.82) is 0 Å². The molecule has 3 rings (SSSR count). The molecule has 0 bridgehead atoms. The standard InChI is InChI=1S/C12H16N2OS/c1-13-11-14-8-6-12(4-2-3-5-12)7-9(15)10(8)16-11/h2-7H2,1H3,(H,13,14). The Bertz CT molecular complexity index is 432. The van der Waals surface area contributed by atoms with Crippen molar-refractivity contribution >= 4 is 22.3 Å². The average Bonchev–Trinajstić information content (AvgIpc) is 2.85.